The highest BCUT2D eigenvalue weighted by molar-refractivity contribution is 5.92. The zero-order valence-electron chi connectivity index (χ0n) is 9.86. The van der Waals surface area contributed by atoms with E-state index >= 15 is 0 Å². The Kier molecular flexibility index (Phi) is 3.27. The highest BCUT2D eigenvalue weighted by atomic mass is 16.4. The van der Waals surface area contributed by atoms with E-state index in [2.05, 4.69) is 15.3 Å². The molecule has 0 aliphatic carbocycles. The molecule has 1 heterocycles. The van der Waals surface area contributed by atoms with E-state index in [9.17, 15) is 9.59 Å². The number of hydrogen-bond acceptors (Lipinski definition) is 3. The van der Waals surface area contributed by atoms with Crippen molar-refractivity contribution in [2.75, 3.05) is 5.32 Å². The maximum absolute atomic E-state index is 11.4. The Labute approximate surface area is 103 Å². The summed E-state index contributed by atoms with van der Waals surface area (Å²) in [5, 5.41) is 11.0. The second-order valence-electron chi connectivity index (χ2n) is 4.05. The van der Waals surface area contributed by atoms with Gasteiger partial charge in [-0.15, -0.1) is 0 Å². The molecule has 6 heteroatoms. The highest BCUT2D eigenvalue weighted by Crippen LogP contribution is 2.15. The van der Waals surface area contributed by atoms with E-state index in [-0.39, 0.29) is 18.7 Å². The molecule has 1 amide bonds. The molecule has 0 atom stereocenters. The van der Waals surface area contributed by atoms with Crippen molar-refractivity contribution in [2.45, 2.75) is 19.8 Å². The second-order valence-corrected chi connectivity index (χ2v) is 4.05. The molecule has 0 saturated heterocycles. The van der Waals surface area contributed by atoms with Gasteiger partial charge >= 0.3 is 5.97 Å². The molecule has 18 heavy (non-hydrogen) atoms. The lowest BCUT2D eigenvalue weighted by Crippen LogP contribution is -2.14. The SMILES string of the molecule is Cc1ccc2nc(NC(=O)CCC(=O)O)[nH]c2c1. The minimum atomic E-state index is -0.995. The van der Waals surface area contributed by atoms with Gasteiger partial charge in [0.2, 0.25) is 11.9 Å². The van der Waals surface area contributed by atoms with Crippen LogP contribution in [0.15, 0.2) is 18.2 Å². The summed E-state index contributed by atoms with van der Waals surface area (Å²) < 4.78 is 0. The number of rotatable bonds is 4. The lowest BCUT2D eigenvalue weighted by atomic mass is 10.2. The minimum Gasteiger partial charge on any atom is -0.481 e. The summed E-state index contributed by atoms with van der Waals surface area (Å²) in [6.45, 7) is 1.96. The number of carbonyl (C=O) groups is 2. The van der Waals surface area contributed by atoms with Crippen LogP contribution in [0.5, 0.6) is 0 Å². The number of nitrogens with zero attached hydrogens (tertiary/aromatic N) is 1. The van der Waals surface area contributed by atoms with Crippen LogP contribution < -0.4 is 5.32 Å². The lowest BCUT2D eigenvalue weighted by Gasteiger charge is -1.98. The van der Waals surface area contributed by atoms with Crippen LogP contribution in [0, 0.1) is 6.92 Å². The molecule has 1 aromatic carbocycles. The number of aryl methyl sites for hydroxylation is 1. The summed E-state index contributed by atoms with van der Waals surface area (Å²) in [4.78, 5) is 28.9. The van der Waals surface area contributed by atoms with Crippen LogP contribution in [-0.4, -0.2) is 27.0 Å². The Bertz CT molecular complexity index is 604. The second kappa shape index (κ2) is 4.87. The third-order valence-corrected chi connectivity index (χ3v) is 2.46. The zero-order valence-corrected chi connectivity index (χ0v) is 9.86. The Hall–Kier alpha value is -2.37. The van der Waals surface area contributed by atoms with E-state index in [0.29, 0.717) is 5.95 Å². The fraction of sp³-hybridized carbons (Fsp3) is 0.250. The molecule has 0 bridgehead atoms. The van der Waals surface area contributed by atoms with Gasteiger partial charge in [-0.05, 0) is 24.6 Å². The number of imidazole rings is 1. The van der Waals surface area contributed by atoms with Crippen molar-refractivity contribution in [1.29, 1.82) is 0 Å². The van der Waals surface area contributed by atoms with Crippen molar-refractivity contribution < 1.29 is 14.7 Å². The number of fused-ring (bicyclic) bond motifs is 1. The Balaban J connectivity index is 2.07. The lowest BCUT2D eigenvalue weighted by molar-refractivity contribution is -0.138. The molecule has 0 saturated carbocycles. The predicted molar refractivity (Wildman–Crippen MR) is 66.3 cm³/mol. The average molecular weight is 247 g/mol. The summed E-state index contributed by atoms with van der Waals surface area (Å²) in [5.74, 6) is -1.02. The Morgan fingerprint density at radius 1 is 1.39 bits per heavy atom. The molecule has 0 spiro atoms. The number of nitrogens with one attached hydrogen (secondary N) is 2. The molecule has 3 N–H and O–H groups in total. The molecular weight excluding hydrogens is 234 g/mol. The fourth-order valence-corrected chi connectivity index (χ4v) is 1.60. The minimum absolute atomic E-state index is 0.0641. The zero-order chi connectivity index (χ0) is 13.1. The smallest absolute Gasteiger partial charge is 0.303 e. The standard InChI is InChI=1S/C12H13N3O3/c1-7-2-3-8-9(6-7)14-12(13-8)15-10(16)4-5-11(17)18/h2-3,6H,4-5H2,1H3,(H,17,18)(H2,13,14,15,16). The molecule has 1 aromatic heterocycles. The number of carboxylic acid groups (broad SMARTS) is 1. The maximum atomic E-state index is 11.4. The third-order valence-electron chi connectivity index (χ3n) is 2.46. The number of H-pyrrole nitrogens is 1. The van der Waals surface area contributed by atoms with Crippen molar-refractivity contribution in [3.05, 3.63) is 23.8 Å². The highest BCUT2D eigenvalue weighted by Gasteiger charge is 2.08. The van der Waals surface area contributed by atoms with Crippen LogP contribution in [0.3, 0.4) is 0 Å². The van der Waals surface area contributed by atoms with Gasteiger partial charge in [0.25, 0.3) is 0 Å². The van der Waals surface area contributed by atoms with Gasteiger partial charge in [0.05, 0.1) is 17.5 Å². The molecule has 0 aliphatic heterocycles. The van der Waals surface area contributed by atoms with Crippen molar-refractivity contribution in [1.82, 2.24) is 9.97 Å². The topological polar surface area (TPSA) is 95.1 Å². The van der Waals surface area contributed by atoms with E-state index in [1.165, 1.54) is 0 Å². The van der Waals surface area contributed by atoms with Crippen LogP contribution in [-0.2, 0) is 9.59 Å². The predicted octanol–water partition coefficient (Wildman–Crippen LogP) is 1.67. The van der Waals surface area contributed by atoms with E-state index in [4.69, 9.17) is 5.11 Å². The molecule has 94 valence electrons. The number of benzene rings is 1. The van der Waals surface area contributed by atoms with Gasteiger partial charge in [0, 0.05) is 6.42 Å². The van der Waals surface area contributed by atoms with Gasteiger partial charge in [-0.3, -0.25) is 14.9 Å². The van der Waals surface area contributed by atoms with Gasteiger partial charge in [0.15, 0.2) is 0 Å². The summed E-state index contributed by atoms with van der Waals surface area (Å²) in [7, 11) is 0. The number of aliphatic carboxylic acids is 1. The Morgan fingerprint density at radius 2 is 2.17 bits per heavy atom. The first-order valence-electron chi connectivity index (χ1n) is 5.52. The number of anilines is 1. The third kappa shape index (κ3) is 2.85. The van der Waals surface area contributed by atoms with E-state index in [1.807, 2.05) is 25.1 Å². The average Bonchev–Trinajstić information content (AvgIpc) is 2.67. The summed E-state index contributed by atoms with van der Waals surface area (Å²) in [6.07, 6.45) is -0.253. The summed E-state index contributed by atoms with van der Waals surface area (Å²) in [5.41, 5.74) is 2.69. The van der Waals surface area contributed by atoms with E-state index in [1.54, 1.807) is 0 Å². The molecule has 0 aliphatic rings. The van der Waals surface area contributed by atoms with Crippen LogP contribution in [0.2, 0.25) is 0 Å². The van der Waals surface area contributed by atoms with Gasteiger partial charge in [-0.25, -0.2) is 4.98 Å². The molecule has 2 rings (SSSR count). The first-order chi connectivity index (χ1) is 8.54. The number of amides is 1. The van der Waals surface area contributed by atoms with Gasteiger partial charge in [-0.1, -0.05) is 6.07 Å². The van der Waals surface area contributed by atoms with Crippen molar-refractivity contribution in [3.63, 3.8) is 0 Å². The quantitative estimate of drug-likeness (QED) is 0.765. The Morgan fingerprint density at radius 3 is 2.89 bits per heavy atom. The number of aromatic nitrogens is 2. The van der Waals surface area contributed by atoms with Crippen LogP contribution in [0.4, 0.5) is 5.95 Å². The number of hydrogen-bond donors (Lipinski definition) is 3. The van der Waals surface area contributed by atoms with Crippen LogP contribution >= 0.6 is 0 Å². The van der Waals surface area contributed by atoms with E-state index in [0.717, 1.165) is 16.6 Å². The number of aromatic amines is 1. The molecular formula is C12H13N3O3. The van der Waals surface area contributed by atoms with Crippen molar-refractivity contribution >= 4 is 28.9 Å². The first kappa shape index (κ1) is 12.1. The van der Waals surface area contributed by atoms with Crippen molar-refractivity contribution in [3.8, 4) is 0 Å². The van der Waals surface area contributed by atoms with E-state index < -0.39 is 5.97 Å². The van der Waals surface area contributed by atoms with Gasteiger partial charge < -0.3 is 10.1 Å². The molecule has 0 fully saturated rings. The fourth-order valence-electron chi connectivity index (χ4n) is 1.60. The van der Waals surface area contributed by atoms with Crippen molar-refractivity contribution in [2.24, 2.45) is 0 Å². The summed E-state index contributed by atoms with van der Waals surface area (Å²) >= 11 is 0. The molecule has 2 aromatic rings. The monoisotopic (exact) mass is 247 g/mol. The van der Waals surface area contributed by atoms with Gasteiger partial charge in [-0.2, -0.15) is 0 Å². The van der Waals surface area contributed by atoms with Crippen LogP contribution in [0.25, 0.3) is 11.0 Å². The first-order valence-corrected chi connectivity index (χ1v) is 5.52. The number of carbonyl (C=O) groups excluding carboxylic acids is 1. The maximum Gasteiger partial charge on any atom is 0.303 e. The van der Waals surface area contributed by atoms with Gasteiger partial charge in [0.1, 0.15) is 0 Å². The largest absolute Gasteiger partial charge is 0.481 e. The molecule has 6 nitrogen and oxygen atoms in total. The molecule has 0 radical (unpaired) electrons. The molecule has 0 unspecified atom stereocenters. The summed E-state index contributed by atoms with van der Waals surface area (Å²) in [6, 6.07) is 5.71. The number of carboxylic acids is 1. The van der Waals surface area contributed by atoms with Crippen LogP contribution in [0.1, 0.15) is 18.4 Å². The normalized spacial score (nSPS) is 10.5.